The monoisotopic (exact) mass is 353 g/mol. The summed E-state index contributed by atoms with van der Waals surface area (Å²) in [5.41, 5.74) is -0.669. The van der Waals surface area contributed by atoms with Crippen molar-refractivity contribution in [1.82, 2.24) is 15.1 Å². The molecule has 0 fully saturated rings. The maximum atomic E-state index is 12.4. The minimum atomic E-state index is -0.350. The lowest BCUT2D eigenvalue weighted by molar-refractivity contribution is -0.121. The third-order valence-electron chi connectivity index (χ3n) is 3.88. The Hall–Kier alpha value is -3.35. The molecule has 1 aromatic heterocycles. The van der Waals surface area contributed by atoms with Crippen LogP contribution in [0.4, 0.5) is 0 Å². The van der Waals surface area contributed by atoms with Gasteiger partial charge in [-0.2, -0.15) is 0 Å². The summed E-state index contributed by atoms with van der Waals surface area (Å²) in [6.07, 6.45) is 0.0829. The minimum Gasteiger partial charge on any atom is -0.492 e. The highest BCUT2D eigenvalue weighted by molar-refractivity contribution is 5.80. The average Bonchev–Trinajstić information content (AvgIpc) is 2.68. The third kappa shape index (κ3) is 4.18. The lowest BCUT2D eigenvalue weighted by Crippen LogP contribution is -2.33. The van der Waals surface area contributed by atoms with E-state index in [-0.39, 0.29) is 30.0 Å². The van der Waals surface area contributed by atoms with Gasteiger partial charge in [0.2, 0.25) is 5.91 Å². The first kappa shape index (κ1) is 17.5. The van der Waals surface area contributed by atoms with Gasteiger partial charge in [0.25, 0.3) is 11.1 Å². The van der Waals surface area contributed by atoms with Gasteiger partial charge in [0.1, 0.15) is 12.4 Å². The molecule has 1 amide bonds. The molecular weight excluding hydrogens is 334 g/mol. The molecule has 0 spiro atoms. The van der Waals surface area contributed by atoms with Crippen LogP contribution in [0.25, 0.3) is 10.8 Å². The fourth-order valence-corrected chi connectivity index (χ4v) is 2.58. The Morgan fingerprint density at radius 3 is 2.46 bits per heavy atom. The molecule has 0 radical (unpaired) electrons. The first-order chi connectivity index (χ1) is 12.6. The molecule has 7 nitrogen and oxygen atoms in total. The summed E-state index contributed by atoms with van der Waals surface area (Å²) < 4.78 is 6.66. The zero-order valence-electron chi connectivity index (χ0n) is 14.1. The summed E-state index contributed by atoms with van der Waals surface area (Å²) in [5, 5.41) is 5.91. The number of aryl methyl sites for hydroxylation is 1. The predicted octanol–water partition coefficient (Wildman–Crippen LogP) is 1.28. The normalized spacial score (nSPS) is 10.6. The molecule has 26 heavy (non-hydrogen) atoms. The molecule has 134 valence electrons. The number of ether oxygens (including phenoxy) is 1. The molecule has 0 saturated heterocycles. The number of para-hydroxylation sites is 1. The molecule has 2 N–H and O–H groups in total. The maximum Gasteiger partial charge on any atom is 0.273 e. The van der Waals surface area contributed by atoms with Crippen LogP contribution in [0.1, 0.15) is 6.42 Å². The van der Waals surface area contributed by atoms with Crippen molar-refractivity contribution in [1.29, 1.82) is 0 Å². The van der Waals surface area contributed by atoms with E-state index in [0.717, 1.165) is 5.75 Å². The van der Waals surface area contributed by atoms with Crippen LogP contribution in [0, 0.1) is 0 Å². The fraction of sp³-hybridized carbons (Fsp3) is 0.211. The van der Waals surface area contributed by atoms with Crippen LogP contribution in [0.3, 0.4) is 0 Å². The van der Waals surface area contributed by atoms with Crippen molar-refractivity contribution in [2.75, 3.05) is 13.2 Å². The number of carbonyl (C=O) groups excluding carboxylic acids is 1. The number of nitrogens with one attached hydrogen (secondary N) is 2. The van der Waals surface area contributed by atoms with E-state index >= 15 is 0 Å². The van der Waals surface area contributed by atoms with Gasteiger partial charge >= 0.3 is 0 Å². The number of fused-ring (bicyclic) bond motifs is 1. The molecule has 0 bridgehead atoms. The summed E-state index contributed by atoms with van der Waals surface area (Å²) in [6.45, 7) is 0.809. The lowest BCUT2D eigenvalue weighted by Gasteiger charge is -2.09. The Morgan fingerprint density at radius 1 is 1.00 bits per heavy atom. The van der Waals surface area contributed by atoms with E-state index in [4.69, 9.17) is 4.74 Å². The number of benzene rings is 2. The Labute approximate surface area is 149 Å². The van der Waals surface area contributed by atoms with Crippen LogP contribution in [0.5, 0.6) is 5.75 Å². The van der Waals surface area contributed by atoms with Crippen LogP contribution < -0.4 is 21.2 Å². The van der Waals surface area contributed by atoms with Gasteiger partial charge in [-0.1, -0.05) is 30.3 Å². The summed E-state index contributed by atoms with van der Waals surface area (Å²) in [4.78, 5) is 36.3. The SMILES string of the molecule is O=C(CCn1[nH]c(=O)c2ccccc2c1=O)NCCOc1ccccc1. The van der Waals surface area contributed by atoms with Gasteiger partial charge in [-0.05, 0) is 24.3 Å². The number of aromatic amines is 1. The molecule has 3 rings (SSSR count). The van der Waals surface area contributed by atoms with Crippen molar-refractivity contribution < 1.29 is 9.53 Å². The van der Waals surface area contributed by atoms with Gasteiger partial charge in [-0.3, -0.25) is 19.5 Å². The molecule has 0 atom stereocenters. The van der Waals surface area contributed by atoms with Crippen LogP contribution in [-0.4, -0.2) is 28.8 Å². The molecule has 1 heterocycles. The van der Waals surface area contributed by atoms with Crippen molar-refractivity contribution in [3.05, 3.63) is 75.3 Å². The van der Waals surface area contributed by atoms with Crippen molar-refractivity contribution in [2.24, 2.45) is 0 Å². The predicted molar refractivity (Wildman–Crippen MR) is 98.4 cm³/mol. The second-order valence-electron chi connectivity index (χ2n) is 5.70. The number of hydrogen-bond donors (Lipinski definition) is 2. The number of aromatic nitrogens is 2. The second-order valence-corrected chi connectivity index (χ2v) is 5.70. The topological polar surface area (TPSA) is 93.2 Å². The van der Waals surface area contributed by atoms with Gasteiger partial charge < -0.3 is 10.1 Å². The van der Waals surface area contributed by atoms with Gasteiger partial charge in [0.05, 0.1) is 23.9 Å². The number of hydrogen-bond acceptors (Lipinski definition) is 4. The molecule has 0 aliphatic heterocycles. The van der Waals surface area contributed by atoms with E-state index in [0.29, 0.717) is 23.9 Å². The number of amides is 1. The summed E-state index contributed by atoms with van der Waals surface area (Å²) in [5.74, 6) is 0.518. The van der Waals surface area contributed by atoms with E-state index in [9.17, 15) is 14.4 Å². The van der Waals surface area contributed by atoms with Gasteiger partial charge in [0, 0.05) is 6.42 Å². The average molecular weight is 353 g/mol. The number of rotatable bonds is 7. The first-order valence-corrected chi connectivity index (χ1v) is 8.31. The largest absolute Gasteiger partial charge is 0.492 e. The fourth-order valence-electron chi connectivity index (χ4n) is 2.58. The van der Waals surface area contributed by atoms with Crippen LogP contribution >= 0.6 is 0 Å². The Morgan fingerprint density at radius 2 is 1.69 bits per heavy atom. The maximum absolute atomic E-state index is 12.4. The van der Waals surface area contributed by atoms with E-state index in [1.807, 2.05) is 30.3 Å². The molecule has 0 unspecified atom stereocenters. The Kier molecular flexibility index (Phi) is 5.48. The van der Waals surface area contributed by atoms with E-state index < -0.39 is 0 Å². The first-order valence-electron chi connectivity index (χ1n) is 8.31. The third-order valence-corrected chi connectivity index (χ3v) is 3.88. The van der Waals surface area contributed by atoms with E-state index in [2.05, 4.69) is 10.4 Å². The zero-order chi connectivity index (χ0) is 18.4. The summed E-state index contributed by atoms with van der Waals surface area (Å²) in [7, 11) is 0. The van der Waals surface area contributed by atoms with E-state index in [1.54, 1.807) is 24.3 Å². The number of H-pyrrole nitrogens is 1. The van der Waals surface area contributed by atoms with Crippen LogP contribution in [-0.2, 0) is 11.3 Å². The van der Waals surface area contributed by atoms with Crippen molar-refractivity contribution in [2.45, 2.75) is 13.0 Å². The van der Waals surface area contributed by atoms with Gasteiger partial charge in [0.15, 0.2) is 0 Å². The minimum absolute atomic E-state index is 0.0829. The van der Waals surface area contributed by atoms with E-state index in [1.165, 1.54) is 4.68 Å². The molecule has 0 saturated carbocycles. The van der Waals surface area contributed by atoms with Crippen LogP contribution in [0.15, 0.2) is 64.2 Å². The van der Waals surface area contributed by atoms with Crippen molar-refractivity contribution in [3.8, 4) is 5.75 Å². The Balaban J connectivity index is 1.52. The summed E-state index contributed by atoms with van der Waals surface area (Å²) >= 11 is 0. The quantitative estimate of drug-likeness (QED) is 0.626. The van der Waals surface area contributed by atoms with Crippen molar-refractivity contribution in [3.63, 3.8) is 0 Å². The second kappa shape index (κ2) is 8.15. The highest BCUT2D eigenvalue weighted by Gasteiger charge is 2.08. The molecule has 2 aromatic carbocycles. The lowest BCUT2D eigenvalue weighted by atomic mass is 10.2. The molecule has 0 aliphatic carbocycles. The number of carbonyl (C=O) groups is 1. The number of nitrogens with zero attached hydrogens (tertiary/aromatic N) is 1. The molecule has 3 aromatic rings. The summed E-state index contributed by atoms with van der Waals surface area (Å²) in [6, 6.07) is 15.9. The zero-order valence-corrected chi connectivity index (χ0v) is 14.1. The standard InChI is InChI=1S/C19H19N3O4/c23-17(20-11-13-26-14-6-2-1-3-7-14)10-12-22-19(25)16-9-5-4-8-15(16)18(24)21-22/h1-9H,10-13H2,(H,20,23)(H,21,24). The Bertz CT molecular complexity index is 1010. The van der Waals surface area contributed by atoms with Crippen LogP contribution in [0.2, 0.25) is 0 Å². The molecular formula is C19H19N3O4. The highest BCUT2D eigenvalue weighted by atomic mass is 16.5. The van der Waals surface area contributed by atoms with Gasteiger partial charge in [-0.25, -0.2) is 4.68 Å². The molecule has 7 heteroatoms. The van der Waals surface area contributed by atoms with Gasteiger partial charge in [-0.15, -0.1) is 0 Å². The van der Waals surface area contributed by atoms with Crippen molar-refractivity contribution >= 4 is 16.7 Å². The smallest absolute Gasteiger partial charge is 0.273 e. The highest BCUT2D eigenvalue weighted by Crippen LogP contribution is 2.07. The molecule has 0 aliphatic rings.